The topological polar surface area (TPSA) is 249 Å². The molecule has 0 rings (SSSR count). The van der Waals surface area contributed by atoms with Crippen LogP contribution < -0.4 is 33.6 Å². The predicted octanol–water partition coefficient (Wildman–Crippen LogP) is -2.97. The second kappa shape index (κ2) is 14.1. The standard InChI is InChI=1S/C16H31N7O6/c17-6-2-1-4-9(18)13(26)22-10(5-3-7-21-16(19)20)14(27)23-11(15(28)29)8-12(24)25/h9-11H,1-8,17-18H2,(H,22,26)(H,23,27)(H,24,25)(H,28,29)(H4,19,20,21). The normalized spacial score (nSPS) is 13.6. The van der Waals surface area contributed by atoms with Gasteiger partial charge in [0.1, 0.15) is 12.1 Å². The molecule has 0 aromatic heterocycles. The summed E-state index contributed by atoms with van der Waals surface area (Å²) >= 11 is 0. The van der Waals surface area contributed by atoms with E-state index in [4.69, 9.17) is 33.1 Å². The molecule has 0 spiro atoms. The van der Waals surface area contributed by atoms with E-state index in [-0.39, 0.29) is 18.9 Å². The van der Waals surface area contributed by atoms with Crippen LogP contribution in [0.2, 0.25) is 0 Å². The van der Waals surface area contributed by atoms with Crippen molar-refractivity contribution in [1.82, 2.24) is 10.6 Å². The fourth-order valence-electron chi connectivity index (χ4n) is 2.34. The van der Waals surface area contributed by atoms with Crippen LogP contribution in [0.25, 0.3) is 0 Å². The van der Waals surface area contributed by atoms with Gasteiger partial charge in [-0.2, -0.15) is 0 Å². The SMILES string of the molecule is NCCCCC(N)C(=O)NC(CCCN=C(N)N)C(=O)NC(CC(=O)O)C(=O)O. The molecule has 0 aromatic carbocycles. The summed E-state index contributed by atoms with van der Waals surface area (Å²) in [5.41, 5.74) is 21.6. The summed E-state index contributed by atoms with van der Waals surface area (Å²) in [4.78, 5) is 50.4. The maximum atomic E-state index is 12.5. The number of unbranched alkanes of at least 4 members (excludes halogenated alkanes) is 1. The quantitative estimate of drug-likeness (QED) is 0.0762. The van der Waals surface area contributed by atoms with Crippen LogP contribution in [0.4, 0.5) is 0 Å². The van der Waals surface area contributed by atoms with E-state index in [1.807, 2.05) is 0 Å². The Bertz CT molecular complexity index is 594. The summed E-state index contributed by atoms with van der Waals surface area (Å²) in [5, 5.41) is 22.4. The van der Waals surface area contributed by atoms with Gasteiger partial charge in [-0.1, -0.05) is 6.42 Å². The largest absolute Gasteiger partial charge is 0.481 e. The molecule has 0 aliphatic heterocycles. The molecule has 29 heavy (non-hydrogen) atoms. The van der Waals surface area contributed by atoms with E-state index >= 15 is 0 Å². The molecule has 0 saturated heterocycles. The maximum Gasteiger partial charge on any atom is 0.326 e. The van der Waals surface area contributed by atoms with Gasteiger partial charge in [-0.15, -0.1) is 0 Å². The van der Waals surface area contributed by atoms with Crippen molar-refractivity contribution in [2.75, 3.05) is 13.1 Å². The molecular weight excluding hydrogens is 386 g/mol. The second-order valence-electron chi connectivity index (χ2n) is 6.40. The van der Waals surface area contributed by atoms with Gasteiger partial charge in [0.25, 0.3) is 0 Å². The monoisotopic (exact) mass is 417 g/mol. The third-order valence-electron chi connectivity index (χ3n) is 3.88. The second-order valence-corrected chi connectivity index (χ2v) is 6.40. The molecule has 12 N–H and O–H groups in total. The highest BCUT2D eigenvalue weighted by Gasteiger charge is 2.28. The Morgan fingerprint density at radius 2 is 1.52 bits per heavy atom. The first-order chi connectivity index (χ1) is 13.6. The Balaban J connectivity index is 5.07. The summed E-state index contributed by atoms with van der Waals surface area (Å²) in [6.07, 6.45) is 1.26. The van der Waals surface area contributed by atoms with Crippen molar-refractivity contribution in [2.45, 2.75) is 56.7 Å². The Morgan fingerprint density at radius 1 is 0.897 bits per heavy atom. The zero-order chi connectivity index (χ0) is 22.4. The Hall–Kier alpha value is -2.93. The van der Waals surface area contributed by atoms with Crippen LogP contribution in [-0.2, 0) is 19.2 Å². The van der Waals surface area contributed by atoms with Crippen molar-refractivity contribution in [1.29, 1.82) is 0 Å². The minimum Gasteiger partial charge on any atom is -0.481 e. The number of carbonyl (C=O) groups is 4. The highest BCUT2D eigenvalue weighted by atomic mass is 16.4. The first-order valence-corrected chi connectivity index (χ1v) is 9.14. The average molecular weight is 417 g/mol. The van der Waals surface area contributed by atoms with E-state index in [1.165, 1.54) is 0 Å². The molecule has 0 heterocycles. The molecule has 13 nitrogen and oxygen atoms in total. The average Bonchev–Trinajstić information content (AvgIpc) is 2.62. The van der Waals surface area contributed by atoms with Gasteiger partial charge < -0.3 is 43.8 Å². The van der Waals surface area contributed by atoms with E-state index in [1.54, 1.807) is 0 Å². The Kier molecular flexibility index (Phi) is 12.7. The van der Waals surface area contributed by atoms with Crippen molar-refractivity contribution < 1.29 is 29.4 Å². The molecule has 0 saturated carbocycles. The molecule has 166 valence electrons. The molecule has 13 heteroatoms. The Morgan fingerprint density at radius 3 is 2.03 bits per heavy atom. The maximum absolute atomic E-state index is 12.5. The van der Waals surface area contributed by atoms with Crippen molar-refractivity contribution in [3.63, 3.8) is 0 Å². The zero-order valence-corrected chi connectivity index (χ0v) is 16.2. The van der Waals surface area contributed by atoms with E-state index in [0.717, 1.165) is 0 Å². The molecule has 3 atom stereocenters. The number of carboxylic acids is 2. The fourth-order valence-corrected chi connectivity index (χ4v) is 2.34. The number of hydrogen-bond acceptors (Lipinski definition) is 7. The van der Waals surface area contributed by atoms with Gasteiger partial charge in [0.2, 0.25) is 11.8 Å². The van der Waals surface area contributed by atoms with Crippen molar-refractivity contribution >= 4 is 29.7 Å². The van der Waals surface area contributed by atoms with Gasteiger partial charge in [-0.3, -0.25) is 19.4 Å². The van der Waals surface area contributed by atoms with Gasteiger partial charge in [0.15, 0.2) is 5.96 Å². The molecule has 0 fully saturated rings. The lowest BCUT2D eigenvalue weighted by atomic mass is 10.1. The van der Waals surface area contributed by atoms with Crippen LogP contribution in [0.15, 0.2) is 4.99 Å². The van der Waals surface area contributed by atoms with Crippen molar-refractivity contribution in [2.24, 2.45) is 27.9 Å². The Labute approximate surface area is 168 Å². The number of rotatable bonds is 15. The van der Waals surface area contributed by atoms with E-state index in [9.17, 15) is 19.2 Å². The highest BCUT2D eigenvalue weighted by Crippen LogP contribution is 2.04. The van der Waals surface area contributed by atoms with E-state index in [0.29, 0.717) is 32.2 Å². The first-order valence-electron chi connectivity index (χ1n) is 9.14. The van der Waals surface area contributed by atoms with Crippen LogP contribution in [0.5, 0.6) is 0 Å². The summed E-state index contributed by atoms with van der Waals surface area (Å²) < 4.78 is 0. The zero-order valence-electron chi connectivity index (χ0n) is 16.2. The highest BCUT2D eigenvalue weighted by molar-refractivity contribution is 5.92. The molecular formula is C16H31N7O6. The lowest BCUT2D eigenvalue weighted by molar-refractivity contribution is -0.147. The predicted molar refractivity (Wildman–Crippen MR) is 105 cm³/mol. The van der Waals surface area contributed by atoms with Crippen LogP contribution in [0.3, 0.4) is 0 Å². The summed E-state index contributed by atoms with van der Waals surface area (Å²) in [6, 6.07) is -3.65. The number of aliphatic carboxylic acids is 2. The number of amides is 2. The van der Waals surface area contributed by atoms with Crippen LogP contribution >= 0.6 is 0 Å². The van der Waals surface area contributed by atoms with Crippen LogP contribution in [-0.4, -0.2) is 71.1 Å². The smallest absolute Gasteiger partial charge is 0.326 e. The molecule has 3 unspecified atom stereocenters. The minimum atomic E-state index is -1.64. The van der Waals surface area contributed by atoms with Crippen molar-refractivity contribution in [3.8, 4) is 0 Å². The number of nitrogens with zero attached hydrogens (tertiary/aromatic N) is 1. The fraction of sp³-hybridized carbons (Fsp3) is 0.688. The number of nitrogens with one attached hydrogen (secondary N) is 2. The number of nitrogens with two attached hydrogens (primary N) is 4. The first kappa shape index (κ1) is 26.1. The summed E-state index contributed by atoms with van der Waals surface area (Å²) in [5.74, 6) is -4.47. The number of carbonyl (C=O) groups excluding carboxylic acids is 2. The minimum absolute atomic E-state index is 0.0866. The molecule has 0 bridgehead atoms. The third-order valence-corrected chi connectivity index (χ3v) is 3.88. The summed E-state index contributed by atoms with van der Waals surface area (Å²) in [7, 11) is 0. The number of hydrogen-bond donors (Lipinski definition) is 8. The van der Waals surface area contributed by atoms with E-state index < -0.39 is 48.3 Å². The molecule has 0 aliphatic carbocycles. The van der Waals surface area contributed by atoms with E-state index in [2.05, 4.69) is 15.6 Å². The molecule has 0 aromatic rings. The number of carboxylic acid groups (broad SMARTS) is 2. The molecule has 0 aliphatic rings. The molecule has 0 radical (unpaired) electrons. The van der Waals surface area contributed by atoms with Gasteiger partial charge in [0.05, 0.1) is 12.5 Å². The number of aliphatic imine (C=N–C) groups is 1. The summed E-state index contributed by atoms with van der Waals surface area (Å²) in [6.45, 7) is 0.645. The lowest BCUT2D eigenvalue weighted by Crippen LogP contribution is -2.54. The lowest BCUT2D eigenvalue weighted by Gasteiger charge is -2.22. The van der Waals surface area contributed by atoms with Gasteiger partial charge in [0, 0.05) is 6.54 Å². The van der Waals surface area contributed by atoms with Gasteiger partial charge >= 0.3 is 11.9 Å². The number of guanidine groups is 1. The molecule has 2 amide bonds. The van der Waals surface area contributed by atoms with Crippen molar-refractivity contribution in [3.05, 3.63) is 0 Å². The van der Waals surface area contributed by atoms with Crippen LogP contribution in [0, 0.1) is 0 Å². The van der Waals surface area contributed by atoms with Gasteiger partial charge in [-0.05, 0) is 32.2 Å². The third kappa shape index (κ3) is 12.2. The van der Waals surface area contributed by atoms with Gasteiger partial charge in [-0.25, -0.2) is 4.79 Å². The van der Waals surface area contributed by atoms with Crippen LogP contribution in [0.1, 0.15) is 38.5 Å².